The van der Waals surface area contributed by atoms with Gasteiger partial charge in [0.2, 0.25) is 12.5 Å². The number of nitroso groups, excluding NO2 is 1. The number of nitrogens with zero attached hydrogens (tertiary/aromatic N) is 2. The van der Waals surface area contributed by atoms with Gasteiger partial charge in [0.1, 0.15) is 5.92 Å². The minimum absolute atomic E-state index is 0. The van der Waals surface area contributed by atoms with Crippen LogP contribution in [0.25, 0.3) is 0 Å². The van der Waals surface area contributed by atoms with Gasteiger partial charge in [-0.3, -0.25) is 6.54 Å². The van der Waals surface area contributed by atoms with Gasteiger partial charge < -0.3 is 22.4 Å². The molecule has 3 N–H and O–H groups in total. The standard InChI is InChI=1S/C20H34F2N5O.Os/c1-13-11-26-12-16(8-17(18(21)22)20(26)27(13)28)19-24-9-15(10-25-19)3-2-14-4-6-23-7-5-14;/h2,9,13-20,23-25H,3-8,10-12H2,1H3;/q-1;+2. The molecule has 0 saturated carbocycles. The second-order valence-electron chi connectivity index (χ2n) is 9.11. The Labute approximate surface area is 185 Å². The van der Waals surface area contributed by atoms with Gasteiger partial charge in [-0.25, -0.2) is 20.1 Å². The van der Waals surface area contributed by atoms with E-state index < -0.39 is 18.5 Å². The molecule has 29 heavy (non-hydrogen) atoms. The van der Waals surface area contributed by atoms with Crippen molar-refractivity contribution in [3.8, 4) is 0 Å². The normalized spacial score (nSPS) is 39.4. The summed E-state index contributed by atoms with van der Waals surface area (Å²) in [5, 5.41) is 10.4. The van der Waals surface area contributed by atoms with Crippen LogP contribution in [-0.4, -0.2) is 67.2 Å². The molecule has 4 saturated heterocycles. The van der Waals surface area contributed by atoms with E-state index in [1.165, 1.54) is 12.8 Å². The molecule has 0 spiro atoms. The molecule has 9 heteroatoms. The Morgan fingerprint density at radius 1 is 1.28 bits per heavy atom. The van der Waals surface area contributed by atoms with E-state index in [-0.39, 0.29) is 37.9 Å². The van der Waals surface area contributed by atoms with Gasteiger partial charge in [0.15, 0.2) is 0 Å². The van der Waals surface area contributed by atoms with Crippen LogP contribution in [0.15, 0.2) is 0 Å². The van der Waals surface area contributed by atoms with Crippen LogP contribution in [0.4, 0.5) is 8.78 Å². The van der Waals surface area contributed by atoms with E-state index in [1.807, 2.05) is 11.8 Å². The molecule has 0 aromatic rings. The van der Waals surface area contributed by atoms with Gasteiger partial charge in [-0.15, -0.1) is 0 Å². The van der Waals surface area contributed by atoms with Gasteiger partial charge in [0.05, 0.1) is 6.54 Å². The summed E-state index contributed by atoms with van der Waals surface area (Å²) in [4.78, 5) is 14.3. The van der Waals surface area contributed by atoms with E-state index in [0.717, 1.165) is 30.8 Å². The smallest absolute Gasteiger partial charge is 0.455 e. The summed E-state index contributed by atoms with van der Waals surface area (Å²) >= 11 is 0. The zero-order valence-electron chi connectivity index (χ0n) is 17.0. The van der Waals surface area contributed by atoms with Crippen molar-refractivity contribution in [2.24, 2.45) is 23.7 Å². The van der Waals surface area contributed by atoms with Crippen molar-refractivity contribution in [3.05, 3.63) is 17.9 Å². The molecular formula is C20H34F2N5OOs+. The summed E-state index contributed by atoms with van der Waals surface area (Å²) < 4.78 is 28.3. The number of rotatable bonds is 5. The van der Waals surface area contributed by atoms with E-state index in [1.54, 1.807) is 0 Å². The maximum absolute atomic E-state index is 13.7. The minimum atomic E-state index is -2.46. The Hall–Kier alpha value is -0.0636. The quantitative estimate of drug-likeness (QED) is 0.337. The van der Waals surface area contributed by atoms with Gasteiger partial charge in [-0.05, 0) is 32.0 Å². The number of nitrogens with one attached hydrogen (secondary N) is 3. The third kappa shape index (κ3) is 5.41. The molecule has 0 amide bonds. The van der Waals surface area contributed by atoms with Crippen molar-refractivity contribution in [3.63, 3.8) is 0 Å². The van der Waals surface area contributed by atoms with Crippen LogP contribution in [-0.2, 0) is 19.8 Å². The number of alkyl halides is 2. The van der Waals surface area contributed by atoms with Crippen molar-refractivity contribution >= 4 is 0 Å². The van der Waals surface area contributed by atoms with E-state index >= 15 is 0 Å². The van der Waals surface area contributed by atoms with Gasteiger partial charge in [-0.1, -0.05) is 12.8 Å². The Balaban J connectivity index is 0.00000240. The van der Waals surface area contributed by atoms with Crippen LogP contribution in [0.1, 0.15) is 32.6 Å². The topological polar surface area (TPSA) is 59.4 Å². The van der Waals surface area contributed by atoms with E-state index in [2.05, 4.69) is 28.9 Å². The average molecular weight is 589 g/mol. The van der Waals surface area contributed by atoms with Crippen LogP contribution >= 0.6 is 0 Å². The van der Waals surface area contributed by atoms with E-state index in [4.69, 9.17) is 0 Å². The maximum atomic E-state index is 13.7. The fraction of sp³-hybridized carbons (Fsp3) is 0.900. The largest absolute Gasteiger partial charge is 2.00 e. The fourth-order valence-corrected chi connectivity index (χ4v) is 5.45. The Morgan fingerprint density at radius 2 is 2.03 bits per heavy atom. The molecular weight excluding hydrogens is 554 g/mol. The molecule has 4 fully saturated rings. The van der Waals surface area contributed by atoms with Crippen LogP contribution in [0.3, 0.4) is 0 Å². The Morgan fingerprint density at radius 3 is 2.69 bits per heavy atom. The molecule has 0 bridgehead atoms. The minimum Gasteiger partial charge on any atom is -0.455 e. The van der Waals surface area contributed by atoms with Gasteiger partial charge >= 0.3 is 19.8 Å². The average Bonchev–Trinajstić information content (AvgIpc) is 3.00. The molecule has 166 valence electrons. The molecule has 6 nitrogen and oxygen atoms in total. The van der Waals surface area contributed by atoms with Crippen LogP contribution in [0.2, 0.25) is 0 Å². The number of fused-ring (bicyclic) bond motifs is 1. The number of hydrogen-bond donors (Lipinski definition) is 3. The van der Waals surface area contributed by atoms with Gasteiger partial charge in [0.25, 0.3) is 6.17 Å². The summed E-state index contributed by atoms with van der Waals surface area (Å²) in [5.74, 6) is 0.356. The van der Waals surface area contributed by atoms with Crippen molar-refractivity contribution in [2.75, 3.05) is 32.7 Å². The molecule has 6 atom stereocenters. The molecule has 0 aromatic heterocycles. The molecule has 0 aliphatic carbocycles. The first kappa shape index (κ1) is 23.6. The molecule has 0 aromatic carbocycles. The van der Waals surface area contributed by atoms with Gasteiger partial charge in [-0.2, -0.15) is 11.8 Å². The van der Waals surface area contributed by atoms with Crippen LogP contribution < -0.4 is 16.0 Å². The van der Waals surface area contributed by atoms with Crippen LogP contribution in [0.5, 0.6) is 0 Å². The first-order chi connectivity index (χ1) is 13.5. The maximum Gasteiger partial charge on any atom is 2.00 e. The summed E-state index contributed by atoms with van der Waals surface area (Å²) in [5.41, 5.74) is 0. The first-order valence-corrected chi connectivity index (χ1v) is 10.9. The second kappa shape index (κ2) is 10.5. The molecule has 4 heterocycles. The SMILES string of the molecule is CC1CN2CC(C3N[CH-]C(C[CH-]C4CCNCC4)CN3)CC(C(F)F)C2[N+]1=O.[Os+2]. The second-order valence-corrected chi connectivity index (χ2v) is 9.11. The van der Waals surface area contributed by atoms with Gasteiger partial charge in [0, 0.05) is 29.3 Å². The van der Waals surface area contributed by atoms with Crippen LogP contribution in [0, 0.1) is 41.5 Å². The zero-order valence-corrected chi connectivity index (χ0v) is 19.6. The third-order valence-electron chi connectivity index (χ3n) is 7.06. The van der Waals surface area contributed by atoms with Crippen molar-refractivity contribution in [1.82, 2.24) is 20.9 Å². The molecule has 0 radical (unpaired) electrons. The summed E-state index contributed by atoms with van der Waals surface area (Å²) in [6, 6.07) is -0.209. The summed E-state index contributed by atoms with van der Waals surface area (Å²) in [6.07, 6.45) is 3.22. The summed E-state index contributed by atoms with van der Waals surface area (Å²) in [7, 11) is 0. The van der Waals surface area contributed by atoms with Crippen molar-refractivity contribution in [2.45, 2.75) is 57.4 Å². The van der Waals surface area contributed by atoms with E-state index in [0.29, 0.717) is 31.3 Å². The summed E-state index contributed by atoms with van der Waals surface area (Å²) in [6.45, 7) is 8.37. The molecule has 4 rings (SSSR count). The number of hydrogen-bond acceptors (Lipinski definition) is 5. The number of piperidine rings is 2. The Bertz CT molecular complexity index is 543. The van der Waals surface area contributed by atoms with Crippen molar-refractivity contribution in [1.29, 1.82) is 0 Å². The molecule has 6 unspecified atom stereocenters. The first-order valence-electron chi connectivity index (χ1n) is 10.9. The Kier molecular flexibility index (Phi) is 8.54. The number of halogens is 2. The third-order valence-corrected chi connectivity index (χ3v) is 7.06. The monoisotopic (exact) mass is 590 g/mol. The van der Waals surface area contributed by atoms with Crippen molar-refractivity contribution < 1.29 is 33.3 Å². The predicted molar refractivity (Wildman–Crippen MR) is 103 cm³/mol. The molecule has 4 aliphatic heterocycles. The molecule has 4 aliphatic rings. The van der Waals surface area contributed by atoms with E-state index in [9.17, 15) is 13.7 Å². The zero-order chi connectivity index (χ0) is 19.7. The fourth-order valence-electron chi connectivity index (χ4n) is 5.45. The predicted octanol–water partition coefficient (Wildman–Crippen LogP) is 1.59.